The van der Waals surface area contributed by atoms with Gasteiger partial charge >= 0.3 is 0 Å². The van der Waals surface area contributed by atoms with Crippen LogP contribution in [0.3, 0.4) is 0 Å². The fourth-order valence-corrected chi connectivity index (χ4v) is 2.21. The number of aryl methyl sites for hydroxylation is 1. The van der Waals surface area contributed by atoms with Crippen molar-refractivity contribution in [2.75, 3.05) is 5.32 Å². The van der Waals surface area contributed by atoms with Crippen molar-refractivity contribution in [2.24, 2.45) is 5.73 Å². The van der Waals surface area contributed by atoms with Crippen LogP contribution in [0.1, 0.15) is 18.4 Å². The third-order valence-corrected chi connectivity index (χ3v) is 3.88. The summed E-state index contributed by atoms with van der Waals surface area (Å²) in [5.41, 5.74) is 8.29. The Bertz CT molecular complexity index is 332. The van der Waals surface area contributed by atoms with E-state index in [0.717, 1.165) is 12.8 Å². The molecule has 2 rings (SSSR count). The van der Waals surface area contributed by atoms with Crippen LogP contribution in [0.5, 0.6) is 0 Å². The Morgan fingerprint density at radius 1 is 1.43 bits per heavy atom. The first-order valence-corrected chi connectivity index (χ1v) is 6.01. The van der Waals surface area contributed by atoms with E-state index in [1.807, 2.05) is 0 Å². The number of rotatable bonds is 2. The molecule has 0 amide bonds. The zero-order chi connectivity index (χ0) is 10.1. The molecule has 1 aromatic rings. The molecule has 0 unspecified atom stereocenters. The summed E-state index contributed by atoms with van der Waals surface area (Å²) >= 11 is 2.37. The molecule has 1 fully saturated rings. The lowest BCUT2D eigenvalue weighted by Gasteiger charge is -2.33. The molecule has 0 aromatic heterocycles. The van der Waals surface area contributed by atoms with Gasteiger partial charge in [0.25, 0.3) is 0 Å². The molecule has 0 bridgehead atoms. The molecule has 0 aliphatic heterocycles. The van der Waals surface area contributed by atoms with Crippen molar-refractivity contribution in [1.29, 1.82) is 0 Å². The van der Waals surface area contributed by atoms with Gasteiger partial charge in [-0.25, -0.2) is 0 Å². The molecule has 1 aromatic carbocycles. The van der Waals surface area contributed by atoms with Crippen LogP contribution in [0.15, 0.2) is 18.2 Å². The second kappa shape index (κ2) is 4.06. The molecule has 76 valence electrons. The van der Waals surface area contributed by atoms with Crippen molar-refractivity contribution in [3.8, 4) is 0 Å². The Labute approximate surface area is 98.4 Å². The number of hydrogen-bond donors (Lipinski definition) is 2. The number of halogens is 1. The minimum Gasteiger partial charge on any atom is -0.382 e. The molecule has 3 N–H and O–H groups in total. The topological polar surface area (TPSA) is 38.0 Å². The van der Waals surface area contributed by atoms with Crippen molar-refractivity contribution in [3.63, 3.8) is 0 Å². The van der Waals surface area contributed by atoms with Crippen molar-refractivity contribution in [2.45, 2.75) is 31.8 Å². The Morgan fingerprint density at radius 3 is 2.71 bits per heavy atom. The Kier molecular flexibility index (Phi) is 2.97. The SMILES string of the molecule is Cc1ccc(NC2CC(N)C2)cc1I. The first-order valence-electron chi connectivity index (χ1n) is 4.93. The maximum absolute atomic E-state index is 5.74. The van der Waals surface area contributed by atoms with Crippen molar-refractivity contribution >= 4 is 28.3 Å². The molecule has 14 heavy (non-hydrogen) atoms. The van der Waals surface area contributed by atoms with E-state index < -0.39 is 0 Å². The average Bonchev–Trinajstić information content (AvgIpc) is 2.09. The van der Waals surface area contributed by atoms with Crippen LogP contribution in [-0.2, 0) is 0 Å². The van der Waals surface area contributed by atoms with Gasteiger partial charge in [-0.2, -0.15) is 0 Å². The van der Waals surface area contributed by atoms with Crippen LogP contribution < -0.4 is 11.1 Å². The molecule has 0 saturated heterocycles. The largest absolute Gasteiger partial charge is 0.382 e. The van der Waals surface area contributed by atoms with Gasteiger partial charge in [0, 0.05) is 21.3 Å². The number of benzene rings is 1. The first-order chi connectivity index (χ1) is 6.65. The third-order valence-electron chi connectivity index (χ3n) is 2.72. The quantitative estimate of drug-likeness (QED) is 0.824. The minimum atomic E-state index is 0.414. The summed E-state index contributed by atoms with van der Waals surface area (Å²) in [6.45, 7) is 2.13. The molecule has 0 spiro atoms. The lowest BCUT2D eigenvalue weighted by Crippen LogP contribution is -2.44. The molecule has 0 atom stereocenters. The molecule has 2 nitrogen and oxygen atoms in total. The van der Waals surface area contributed by atoms with Crippen LogP contribution in [0.2, 0.25) is 0 Å². The fraction of sp³-hybridized carbons (Fsp3) is 0.455. The van der Waals surface area contributed by atoms with Gasteiger partial charge < -0.3 is 11.1 Å². The van der Waals surface area contributed by atoms with Crippen molar-refractivity contribution < 1.29 is 0 Å². The number of nitrogens with two attached hydrogens (primary N) is 1. The lowest BCUT2D eigenvalue weighted by atomic mass is 9.87. The monoisotopic (exact) mass is 302 g/mol. The summed E-state index contributed by atoms with van der Waals surface area (Å²) in [4.78, 5) is 0. The van der Waals surface area contributed by atoms with Crippen LogP contribution >= 0.6 is 22.6 Å². The Morgan fingerprint density at radius 2 is 2.14 bits per heavy atom. The highest BCUT2D eigenvalue weighted by Gasteiger charge is 2.25. The Balaban J connectivity index is 2.00. The zero-order valence-electron chi connectivity index (χ0n) is 8.26. The van der Waals surface area contributed by atoms with Gasteiger partial charge in [-0.05, 0) is 60.1 Å². The second-order valence-corrected chi connectivity index (χ2v) is 5.20. The smallest absolute Gasteiger partial charge is 0.0353 e. The maximum atomic E-state index is 5.74. The molecular formula is C11H15IN2. The van der Waals surface area contributed by atoms with Gasteiger partial charge in [-0.1, -0.05) is 6.07 Å². The molecule has 0 radical (unpaired) electrons. The maximum Gasteiger partial charge on any atom is 0.0353 e. The summed E-state index contributed by atoms with van der Waals surface area (Å²) in [5, 5.41) is 3.49. The number of anilines is 1. The summed E-state index contributed by atoms with van der Waals surface area (Å²) in [7, 11) is 0. The van der Waals surface area contributed by atoms with Gasteiger partial charge in [0.15, 0.2) is 0 Å². The molecule has 1 aliphatic rings. The molecular weight excluding hydrogens is 287 g/mol. The van der Waals surface area contributed by atoms with Crippen LogP contribution in [0.25, 0.3) is 0 Å². The average molecular weight is 302 g/mol. The second-order valence-electron chi connectivity index (χ2n) is 4.04. The van der Waals surface area contributed by atoms with E-state index in [0.29, 0.717) is 12.1 Å². The van der Waals surface area contributed by atoms with E-state index in [2.05, 4.69) is 53.0 Å². The first kappa shape index (κ1) is 10.2. The molecule has 1 saturated carbocycles. The predicted octanol–water partition coefficient (Wildman–Crippen LogP) is 2.50. The van der Waals surface area contributed by atoms with Gasteiger partial charge in [0.05, 0.1) is 0 Å². The molecule has 3 heteroatoms. The lowest BCUT2D eigenvalue weighted by molar-refractivity contribution is 0.373. The van der Waals surface area contributed by atoms with E-state index in [1.165, 1.54) is 14.8 Å². The van der Waals surface area contributed by atoms with Crippen LogP contribution in [0, 0.1) is 10.5 Å². The van der Waals surface area contributed by atoms with Crippen LogP contribution in [0.4, 0.5) is 5.69 Å². The van der Waals surface area contributed by atoms with E-state index in [1.54, 1.807) is 0 Å². The number of nitrogens with one attached hydrogen (secondary N) is 1. The number of hydrogen-bond acceptors (Lipinski definition) is 2. The molecule has 0 heterocycles. The van der Waals surface area contributed by atoms with Crippen molar-refractivity contribution in [1.82, 2.24) is 0 Å². The van der Waals surface area contributed by atoms with E-state index in [9.17, 15) is 0 Å². The summed E-state index contributed by atoms with van der Waals surface area (Å²) in [6.07, 6.45) is 2.20. The van der Waals surface area contributed by atoms with E-state index in [4.69, 9.17) is 5.73 Å². The fourth-order valence-electron chi connectivity index (χ4n) is 1.70. The standard InChI is InChI=1S/C11H15IN2/c1-7-2-3-9(6-11(7)12)14-10-4-8(13)5-10/h2-3,6,8,10,14H,4-5,13H2,1H3. The summed E-state index contributed by atoms with van der Waals surface area (Å²) in [5.74, 6) is 0. The Hall–Kier alpha value is -0.290. The summed E-state index contributed by atoms with van der Waals surface area (Å²) < 4.78 is 1.32. The van der Waals surface area contributed by atoms with Crippen LogP contribution in [-0.4, -0.2) is 12.1 Å². The minimum absolute atomic E-state index is 0.414. The highest BCUT2D eigenvalue weighted by atomic mass is 127. The van der Waals surface area contributed by atoms with Gasteiger partial charge in [-0.3, -0.25) is 0 Å². The predicted molar refractivity (Wildman–Crippen MR) is 68.5 cm³/mol. The van der Waals surface area contributed by atoms with E-state index in [-0.39, 0.29) is 0 Å². The molecule has 1 aliphatic carbocycles. The summed E-state index contributed by atoms with van der Waals surface area (Å²) in [6, 6.07) is 7.49. The highest BCUT2D eigenvalue weighted by Crippen LogP contribution is 2.24. The highest BCUT2D eigenvalue weighted by molar-refractivity contribution is 14.1. The van der Waals surface area contributed by atoms with Crippen molar-refractivity contribution in [3.05, 3.63) is 27.3 Å². The zero-order valence-corrected chi connectivity index (χ0v) is 10.4. The van der Waals surface area contributed by atoms with Gasteiger partial charge in [0.2, 0.25) is 0 Å². The normalized spacial score (nSPS) is 25.6. The third kappa shape index (κ3) is 2.20. The van der Waals surface area contributed by atoms with E-state index >= 15 is 0 Å². The van der Waals surface area contributed by atoms with Gasteiger partial charge in [-0.15, -0.1) is 0 Å². The van der Waals surface area contributed by atoms with Gasteiger partial charge in [0.1, 0.15) is 0 Å².